The molecule has 2 aromatic heterocycles. The van der Waals surface area contributed by atoms with Crippen molar-refractivity contribution in [3.05, 3.63) is 48.0 Å². The average molecular weight is 315 g/mol. The van der Waals surface area contributed by atoms with Crippen LogP contribution in [0.1, 0.15) is 23.0 Å². The topological polar surface area (TPSA) is 67.6 Å². The van der Waals surface area contributed by atoms with Crippen molar-refractivity contribution in [2.24, 2.45) is 0 Å². The van der Waals surface area contributed by atoms with Crippen molar-refractivity contribution < 1.29 is 13.9 Å². The Morgan fingerprint density at radius 3 is 2.83 bits per heavy atom. The van der Waals surface area contributed by atoms with Gasteiger partial charge in [0.1, 0.15) is 11.6 Å². The van der Waals surface area contributed by atoms with Gasteiger partial charge in [-0.1, -0.05) is 0 Å². The van der Waals surface area contributed by atoms with Crippen LogP contribution < -0.4 is 10.2 Å². The van der Waals surface area contributed by atoms with E-state index < -0.39 is 0 Å². The van der Waals surface area contributed by atoms with Gasteiger partial charge in [-0.05, 0) is 31.2 Å². The number of morpholine rings is 1. The van der Waals surface area contributed by atoms with Crippen molar-refractivity contribution in [2.75, 3.05) is 31.2 Å². The Labute approximate surface area is 135 Å². The predicted octanol–water partition coefficient (Wildman–Crippen LogP) is 1.87. The first-order chi connectivity index (χ1) is 11.2. The largest absolute Gasteiger partial charge is 0.469 e. The summed E-state index contributed by atoms with van der Waals surface area (Å²) in [5.41, 5.74) is 0.563. The van der Waals surface area contributed by atoms with Crippen LogP contribution in [0.15, 0.2) is 41.1 Å². The Morgan fingerprint density at radius 1 is 1.35 bits per heavy atom. The first kappa shape index (κ1) is 15.6. The van der Waals surface area contributed by atoms with E-state index in [2.05, 4.69) is 15.2 Å². The maximum Gasteiger partial charge on any atom is 0.253 e. The van der Waals surface area contributed by atoms with Crippen LogP contribution in [0.25, 0.3) is 0 Å². The number of anilines is 1. The highest BCUT2D eigenvalue weighted by molar-refractivity contribution is 5.94. The van der Waals surface area contributed by atoms with E-state index in [9.17, 15) is 4.79 Å². The number of hydrogen-bond acceptors (Lipinski definition) is 5. The van der Waals surface area contributed by atoms with Crippen LogP contribution in [-0.4, -0.2) is 43.2 Å². The molecule has 0 aromatic carbocycles. The molecule has 1 atom stereocenters. The number of furan rings is 1. The average Bonchev–Trinajstić information content (AvgIpc) is 3.08. The highest BCUT2D eigenvalue weighted by Gasteiger charge is 2.15. The Kier molecular flexibility index (Phi) is 4.92. The minimum absolute atomic E-state index is 0.00688. The molecule has 1 fully saturated rings. The maximum absolute atomic E-state index is 12.3. The molecule has 3 heterocycles. The first-order valence-electron chi connectivity index (χ1n) is 7.84. The number of nitrogens with one attached hydrogen (secondary N) is 1. The SMILES string of the molecule is C[C@H](Cc1ccco1)NC(=O)c1ccc(N2CCOCC2)nc1. The molecule has 0 radical (unpaired) electrons. The van der Waals surface area contributed by atoms with Gasteiger partial charge in [-0.3, -0.25) is 4.79 Å². The number of nitrogens with zero attached hydrogens (tertiary/aromatic N) is 2. The maximum atomic E-state index is 12.3. The first-order valence-corrected chi connectivity index (χ1v) is 7.84. The minimum Gasteiger partial charge on any atom is -0.469 e. The van der Waals surface area contributed by atoms with E-state index >= 15 is 0 Å². The van der Waals surface area contributed by atoms with Gasteiger partial charge in [0, 0.05) is 31.7 Å². The molecule has 1 aliphatic heterocycles. The number of pyridine rings is 1. The van der Waals surface area contributed by atoms with Crippen LogP contribution in [0.2, 0.25) is 0 Å². The van der Waals surface area contributed by atoms with E-state index in [1.807, 2.05) is 31.2 Å². The molecular weight excluding hydrogens is 294 g/mol. The van der Waals surface area contributed by atoms with Crippen LogP contribution in [0.4, 0.5) is 5.82 Å². The Bertz CT molecular complexity index is 619. The summed E-state index contributed by atoms with van der Waals surface area (Å²) in [4.78, 5) is 18.8. The molecule has 0 aliphatic carbocycles. The van der Waals surface area contributed by atoms with Gasteiger partial charge in [0.15, 0.2) is 0 Å². The summed E-state index contributed by atoms with van der Waals surface area (Å²) in [6.45, 7) is 5.05. The minimum atomic E-state index is -0.120. The van der Waals surface area contributed by atoms with Crippen molar-refractivity contribution in [3.63, 3.8) is 0 Å². The molecule has 1 saturated heterocycles. The van der Waals surface area contributed by atoms with Crippen LogP contribution in [0.5, 0.6) is 0 Å². The molecule has 0 spiro atoms. The molecule has 23 heavy (non-hydrogen) atoms. The lowest BCUT2D eigenvalue weighted by Crippen LogP contribution is -2.37. The summed E-state index contributed by atoms with van der Waals surface area (Å²) >= 11 is 0. The quantitative estimate of drug-likeness (QED) is 0.912. The molecule has 3 rings (SSSR count). The van der Waals surface area contributed by atoms with E-state index in [-0.39, 0.29) is 11.9 Å². The fourth-order valence-electron chi connectivity index (χ4n) is 2.59. The predicted molar refractivity (Wildman–Crippen MR) is 86.6 cm³/mol. The summed E-state index contributed by atoms with van der Waals surface area (Å²) < 4.78 is 10.6. The van der Waals surface area contributed by atoms with Crippen LogP contribution in [0, 0.1) is 0 Å². The molecule has 0 bridgehead atoms. The number of rotatable bonds is 5. The second-order valence-electron chi connectivity index (χ2n) is 5.66. The normalized spacial score (nSPS) is 16.1. The fraction of sp³-hybridized carbons (Fsp3) is 0.412. The molecule has 1 amide bonds. The lowest BCUT2D eigenvalue weighted by molar-refractivity contribution is 0.0939. The van der Waals surface area contributed by atoms with Gasteiger partial charge in [-0.2, -0.15) is 0 Å². The molecule has 1 N–H and O–H groups in total. The summed E-state index contributed by atoms with van der Waals surface area (Å²) in [6, 6.07) is 7.44. The van der Waals surface area contributed by atoms with E-state index in [1.54, 1.807) is 12.5 Å². The molecule has 0 unspecified atom stereocenters. The molecule has 6 heteroatoms. The van der Waals surface area contributed by atoms with Crippen molar-refractivity contribution in [1.82, 2.24) is 10.3 Å². The number of amides is 1. The highest BCUT2D eigenvalue weighted by atomic mass is 16.5. The zero-order valence-corrected chi connectivity index (χ0v) is 13.2. The molecule has 1 aliphatic rings. The second kappa shape index (κ2) is 7.28. The van der Waals surface area contributed by atoms with Crippen molar-refractivity contribution in [1.29, 1.82) is 0 Å². The summed E-state index contributed by atoms with van der Waals surface area (Å²) in [7, 11) is 0. The van der Waals surface area contributed by atoms with E-state index in [0.29, 0.717) is 25.2 Å². The van der Waals surface area contributed by atoms with Crippen molar-refractivity contribution >= 4 is 11.7 Å². The zero-order valence-electron chi connectivity index (χ0n) is 13.2. The number of aromatic nitrogens is 1. The summed E-state index contributed by atoms with van der Waals surface area (Å²) in [5, 5.41) is 2.96. The van der Waals surface area contributed by atoms with Gasteiger partial charge in [-0.15, -0.1) is 0 Å². The van der Waals surface area contributed by atoms with Crippen LogP contribution in [0.3, 0.4) is 0 Å². The van der Waals surface area contributed by atoms with Crippen molar-refractivity contribution in [2.45, 2.75) is 19.4 Å². The third kappa shape index (κ3) is 4.10. The van der Waals surface area contributed by atoms with Gasteiger partial charge in [0.2, 0.25) is 0 Å². The lowest BCUT2D eigenvalue weighted by atomic mass is 10.1. The molecule has 0 saturated carbocycles. The number of hydrogen-bond donors (Lipinski definition) is 1. The Hall–Kier alpha value is -2.34. The summed E-state index contributed by atoms with van der Waals surface area (Å²) in [5.74, 6) is 1.62. The second-order valence-corrected chi connectivity index (χ2v) is 5.66. The zero-order chi connectivity index (χ0) is 16.1. The summed E-state index contributed by atoms with van der Waals surface area (Å²) in [6.07, 6.45) is 3.93. The molecule has 6 nitrogen and oxygen atoms in total. The highest BCUT2D eigenvalue weighted by Crippen LogP contribution is 2.13. The Morgan fingerprint density at radius 2 is 2.17 bits per heavy atom. The fourth-order valence-corrected chi connectivity index (χ4v) is 2.59. The van der Waals surface area contributed by atoms with Crippen LogP contribution in [-0.2, 0) is 11.2 Å². The standard InChI is InChI=1S/C17H21N3O3/c1-13(11-15-3-2-8-23-15)19-17(21)14-4-5-16(18-12-14)20-6-9-22-10-7-20/h2-5,8,12-13H,6-7,9-11H2,1H3,(H,19,21)/t13-/m1/s1. The van der Waals surface area contributed by atoms with Gasteiger partial charge < -0.3 is 19.4 Å². The molecular formula is C17H21N3O3. The number of ether oxygens (including phenoxy) is 1. The third-order valence-corrected chi connectivity index (χ3v) is 3.81. The number of carbonyl (C=O) groups is 1. The Balaban J connectivity index is 1.56. The van der Waals surface area contributed by atoms with Gasteiger partial charge in [0.05, 0.1) is 25.0 Å². The molecule has 122 valence electrons. The van der Waals surface area contributed by atoms with E-state index in [4.69, 9.17) is 9.15 Å². The van der Waals surface area contributed by atoms with Crippen molar-refractivity contribution in [3.8, 4) is 0 Å². The van der Waals surface area contributed by atoms with E-state index in [1.165, 1.54) is 0 Å². The van der Waals surface area contributed by atoms with Gasteiger partial charge >= 0.3 is 0 Å². The molecule has 2 aromatic rings. The number of carbonyl (C=O) groups excluding carboxylic acids is 1. The lowest BCUT2D eigenvalue weighted by Gasteiger charge is -2.27. The van der Waals surface area contributed by atoms with Gasteiger partial charge in [0.25, 0.3) is 5.91 Å². The monoisotopic (exact) mass is 315 g/mol. The third-order valence-electron chi connectivity index (χ3n) is 3.81. The van der Waals surface area contributed by atoms with Gasteiger partial charge in [-0.25, -0.2) is 4.98 Å². The van der Waals surface area contributed by atoms with Crippen LogP contribution >= 0.6 is 0 Å². The van der Waals surface area contributed by atoms with E-state index in [0.717, 1.165) is 24.7 Å². The smallest absolute Gasteiger partial charge is 0.253 e.